The summed E-state index contributed by atoms with van der Waals surface area (Å²) in [5, 5.41) is 7.86. The van der Waals surface area contributed by atoms with Gasteiger partial charge in [-0.25, -0.2) is 0 Å². The van der Waals surface area contributed by atoms with Crippen molar-refractivity contribution in [1.82, 2.24) is 19.9 Å². The van der Waals surface area contributed by atoms with Crippen LogP contribution in [0.15, 0.2) is 6.20 Å². The van der Waals surface area contributed by atoms with E-state index in [1.54, 1.807) is 0 Å². The van der Waals surface area contributed by atoms with E-state index in [9.17, 15) is 0 Å². The third kappa shape index (κ3) is 3.12. The minimum atomic E-state index is 0.462. The van der Waals surface area contributed by atoms with E-state index >= 15 is 0 Å². The van der Waals surface area contributed by atoms with Crippen LogP contribution in [0, 0.1) is 0 Å². The van der Waals surface area contributed by atoms with Gasteiger partial charge < -0.3 is 10.6 Å². The fourth-order valence-corrected chi connectivity index (χ4v) is 0.973. The smallest absolute Gasteiger partial charge is 0.0962 e. The second-order valence-corrected chi connectivity index (χ2v) is 3.07. The maximum atomic E-state index is 5.42. The van der Waals surface area contributed by atoms with Crippen molar-refractivity contribution in [3.8, 4) is 0 Å². The van der Waals surface area contributed by atoms with Crippen LogP contribution in [0.2, 0.25) is 0 Å². The van der Waals surface area contributed by atoms with Crippen molar-refractivity contribution in [3.05, 3.63) is 11.9 Å². The first-order valence-electron chi connectivity index (χ1n) is 4.54. The third-order valence-corrected chi connectivity index (χ3v) is 2.05. The Morgan fingerprint density at radius 3 is 2.92 bits per heavy atom. The van der Waals surface area contributed by atoms with Crippen LogP contribution in [-0.2, 0) is 13.1 Å². The lowest BCUT2D eigenvalue weighted by Gasteiger charge is -2.12. The molecule has 74 valence electrons. The van der Waals surface area contributed by atoms with E-state index in [0.717, 1.165) is 25.3 Å². The van der Waals surface area contributed by atoms with Gasteiger partial charge in [-0.3, -0.25) is 4.68 Å². The highest BCUT2D eigenvalue weighted by atomic mass is 15.4. The first-order chi connectivity index (χ1) is 6.26. The molecule has 1 aromatic rings. The molecule has 0 saturated heterocycles. The van der Waals surface area contributed by atoms with Gasteiger partial charge in [0, 0.05) is 19.3 Å². The molecule has 2 N–H and O–H groups in total. The van der Waals surface area contributed by atoms with E-state index < -0.39 is 0 Å². The van der Waals surface area contributed by atoms with Crippen molar-refractivity contribution in [1.29, 1.82) is 0 Å². The summed E-state index contributed by atoms with van der Waals surface area (Å²) in [4.78, 5) is 2.23. The number of hydrogen-bond acceptors (Lipinski definition) is 4. The fourth-order valence-electron chi connectivity index (χ4n) is 0.973. The molecule has 0 unspecified atom stereocenters. The van der Waals surface area contributed by atoms with Crippen LogP contribution in [0.25, 0.3) is 0 Å². The second kappa shape index (κ2) is 4.94. The van der Waals surface area contributed by atoms with Crippen LogP contribution in [0.4, 0.5) is 0 Å². The molecule has 1 heterocycles. The Morgan fingerprint density at radius 1 is 1.62 bits per heavy atom. The van der Waals surface area contributed by atoms with Crippen molar-refractivity contribution in [2.75, 3.05) is 20.1 Å². The van der Waals surface area contributed by atoms with Crippen molar-refractivity contribution in [3.63, 3.8) is 0 Å². The first kappa shape index (κ1) is 10.1. The topological polar surface area (TPSA) is 60.0 Å². The minimum Gasteiger partial charge on any atom is -0.325 e. The lowest BCUT2D eigenvalue weighted by Crippen LogP contribution is -2.22. The molecule has 0 atom stereocenters. The predicted octanol–water partition coefficient (Wildman–Crippen LogP) is -0.311. The van der Waals surface area contributed by atoms with Crippen LogP contribution < -0.4 is 5.73 Å². The SMILES string of the molecule is CCN(C)CCn1cc(CN)nn1. The highest BCUT2D eigenvalue weighted by molar-refractivity contribution is 4.90. The third-order valence-electron chi connectivity index (χ3n) is 2.05. The maximum Gasteiger partial charge on any atom is 0.0962 e. The molecule has 1 rings (SSSR count). The van der Waals surface area contributed by atoms with Crippen LogP contribution in [0.5, 0.6) is 0 Å². The molecule has 0 saturated carbocycles. The van der Waals surface area contributed by atoms with E-state index in [1.807, 2.05) is 10.9 Å². The molecule has 0 bridgehead atoms. The molecule has 13 heavy (non-hydrogen) atoms. The van der Waals surface area contributed by atoms with E-state index in [4.69, 9.17) is 5.73 Å². The van der Waals surface area contributed by atoms with Gasteiger partial charge in [-0.2, -0.15) is 0 Å². The Morgan fingerprint density at radius 2 is 2.38 bits per heavy atom. The van der Waals surface area contributed by atoms with Gasteiger partial charge in [-0.05, 0) is 13.6 Å². The number of nitrogens with zero attached hydrogens (tertiary/aromatic N) is 4. The second-order valence-electron chi connectivity index (χ2n) is 3.07. The predicted molar refractivity (Wildman–Crippen MR) is 51.1 cm³/mol. The molecule has 0 aromatic carbocycles. The Balaban J connectivity index is 2.36. The molecule has 1 aromatic heterocycles. The Labute approximate surface area is 78.5 Å². The van der Waals surface area contributed by atoms with E-state index in [2.05, 4.69) is 29.2 Å². The molecule has 0 spiro atoms. The molecule has 0 fully saturated rings. The molecule has 5 nitrogen and oxygen atoms in total. The average Bonchev–Trinajstić information content (AvgIpc) is 2.61. The monoisotopic (exact) mass is 183 g/mol. The van der Waals surface area contributed by atoms with Crippen molar-refractivity contribution >= 4 is 0 Å². The Hall–Kier alpha value is -0.940. The zero-order valence-electron chi connectivity index (χ0n) is 8.27. The first-order valence-corrected chi connectivity index (χ1v) is 4.54. The molecule has 5 heteroatoms. The summed E-state index contributed by atoms with van der Waals surface area (Å²) < 4.78 is 1.83. The number of hydrogen-bond donors (Lipinski definition) is 1. The summed E-state index contributed by atoms with van der Waals surface area (Å²) in [5.41, 5.74) is 6.27. The van der Waals surface area contributed by atoms with E-state index in [0.29, 0.717) is 6.54 Å². The lowest BCUT2D eigenvalue weighted by atomic mass is 10.5. The molecule has 0 aliphatic heterocycles. The molecule has 0 amide bonds. The fraction of sp³-hybridized carbons (Fsp3) is 0.750. The van der Waals surface area contributed by atoms with Gasteiger partial charge in [0.25, 0.3) is 0 Å². The average molecular weight is 183 g/mol. The van der Waals surface area contributed by atoms with Crippen molar-refractivity contribution < 1.29 is 0 Å². The minimum absolute atomic E-state index is 0.462. The summed E-state index contributed by atoms with van der Waals surface area (Å²) >= 11 is 0. The van der Waals surface area contributed by atoms with Crippen LogP contribution >= 0.6 is 0 Å². The van der Waals surface area contributed by atoms with Crippen molar-refractivity contribution in [2.45, 2.75) is 20.0 Å². The summed E-state index contributed by atoms with van der Waals surface area (Å²) in [7, 11) is 2.08. The van der Waals surface area contributed by atoms with Crippen LogP contribution in [0.1, 0.15) is 12.6 Å². The molecule has 0 aliphatic carbocycles. The largest absolute Gasteiger partial charge is 0.325 e. The van der Waals surface area contributed by atoms with Gasteiger partial charge in [-0.15, -0.1) is 5.10 Å². The Bertz CT molecular complexity index is 244. The molecular weight excluding hydrogens is 166 g/mol. The van der Waals surface area contributed by atoms with Gasteiger partial charge in [-0.1, -0.05) is 12.1 Å². The van der Waals surface area contributed by atoms with Gasteiger partial charge >= 0.3 is 0 Å². The number of aromatic nitrogens is 3. The highest BCUT2D eigenvalue weighted by Crippen LogP contribution is 1.91. The van der Waals surface area contributed by atoms with E-state index in [1.165, 1.54) is 0 Å². The number of likely N-dealkylation sites (N-methyl/N-ethyl adjacent to an activating group) is 1. The van der Waals surface area contributed by atoms with Gasteiger partial charge in [0.15, 0.2) is 0 Å². The normalized spacial score (nSPS) is 11.1. The number of rotatable bonds is 5. The van der Waals surface area contributed by atoms with Crippen LogP contribution in [-0.4, -0.2) is 40.0 Å². The van der Waals surface area contributed by atoms with Crippen LogP contribution in [0.3, 0.4) is 0 Å². The quantitative estimate of drug-likeness (QED) is 0.680. The van der Waals surface area contributed by atoms with Gasteiger partial charge in [0.1, 0.15) is 0 Å². The summed E-state index contributed by atoms with van der Waals surface area (Å²) in [5.74, 6) is 0. The molecular formula is C8H17N5. The molecule has 0 radical (unpaired) electrons. The van der Waals surface area contributed by atoms with Gasteiger partial charge in [0.2, 0.25) is 0 Å². The zero-order valence-corrected chi connectivity index (χ0v) is 8.27. The van der Waals surface area contributed by atoms with Crippen molar-refractivity contribution in [2.24, 2.45) is 5.73 Å². The number of nitrogens with two attached hydrogens (primary N) is 1. The zero-order chi connectivity index (χ0) is 9.68. The maximum absolute atomic E-state index is 5.42. The molecule has 0 aliphatic rings. The standard InChI is InChI=1S/C8H17N5/c1-3-12(2)4-5-13-7-8(6-9)10-11-13/h7H,3-6,9H2,1-2H3. The van der Waals surface area contributed by atoms with E-state index in [-0.39, 0.29) is 0 Å². The summed E-state index contributed by atoms with van der Waals surface area (Å²) in [6, 6.07) is 0. The summed E-state index contributed by atoms with van der Waals surface area (Å²) in [6.07, 6.45) is 1.89. The van der Waals surface area contributed by atoms with Gasteiger partial charge in [0.05, 0.1) is 12.2 Å². The lowest BCUT2D eigenvalue weighted by molar-refractivity contribution is 0.326. The summed E-state index contributed by atoms with van der Waals surface area (Å²) in [6.45, 7) is 5.51. The highest BCUT2D eigenvalue weighted by Gasteiger charge is 1.99. The Kier molecular flexibility index (Phi) is 3.85.